The second kappa shape index (κ2) is 9.39. The molecule has 150 valence electrons. The molecule has 0 heterocycles. The van der Waals surface area contributed by atoms with E-state index in [0.717, 1.165) is 17.5 Å². The normalized spacial score (nSPS) is 11.1. The Labute approximate surface area is 171 Å². The van der Waals surface area contributed by atoms with Crippen molar-refractivity contribution in [2.45, 2.75) is 31.1 Å². The van der Waals surface area contributed by atoms with Gasteiger partial charge in [-0.25, -0.2) is 8.42 Å². The Hall–Kier alpha value is -3.12. The molecule has 6 heteroatoms. The van der Waals surface area contributed by atoms with Gasteiger partial charge in [0.15, 0.2) is 0 Å². The largest absolute Gasteiger partial charge is 0.326 e. The molecule has 3 rings (SSSR count). The van der Waals surface area contributed by atoms with Gasteiger partial charge in [0.05, 0.1) is 10.6 Å². The molecular formula is C23H24N2O3S. The molecular weight excluding hydrogens is 384 g/mol. The third-order valence-electron chi connectivity index (χ3n) is 4.57. The Bertz CT molecular complexity index is 1060. The van der Waals surface area contributed by atoms with Crippen LogP contribution in [0.1, 0.15) is 24.5 Å². The van der Waals surface area contributed by atoms with Crippen LogP contribution in [0.3, 0.4) is 0 Å². The molecule has 5 nitrogen and oxygen atoms in total. The summed E-state index contributed by atoms with van der Waals surface area (Å²) in [6, 6.07) is 23.3. The van der Waals surface area contributed by atoms with Crippen LogP contribution < -0.4 is 10.0 Å². The Morgan fingerprint density at radius 2 is 1.52 bits per heavy atom. The quantitative estimate of drug-likeness (QED) is 0.571. The molecule has 3 aromatic rings. The Morgan fingerprint density at radius 3 is 2.21 bits per heavy atom. The predicted octanol–water partition coefficient (Wildman–Crippen LogP) is 4.62. The van der Waals surface area contributed by atoms with E-state index in [4.69, 9.17) is 0 Å². The maximum atomic E-state index is 12.7. The zero-order valence-electron chi connectivity index (χ0n) is 16.3. The fraction of sp³-hybridized carbons (Fsp3) is 0.174. The van der Waals surface area contributed by atoms with Crippen LogP contribution in [0.2, 0.25) is 0 Å². The van der Waals surface area contributed by atoms with Gasteiger partial charge >= 0.3 is 0 Å². The van der Waals surface area contributed by atoms with Crippen molar-refractivity contribution in [2.24, 2.45) is 0 Å². The first kappa shape index (κ1) is 20.6. The van der Waals surface area contributed by atoms with Gasteiger partial charge < -0.3 is 5.32 Å². The minimum Gasteiger partial charge on any atom is -0.326 e. The minimum absolute atomic E-state index is 0.112. The van der Waals surface area contributed by atoms with Crippen LogP contribution in [0.15, 0.2) is 83.8 Å². The van der Waals surface area contributed by atoms with Crippen molar-refractivity contribution in [3.63, 3.8) is 0 Å². The molecule has 0 spiro atoms. The predicted molar refractivity (Wildman–Crippen MR) is 116 cm³/mol. The van der Waals surface area contributed by atoms with E-state index in [-0.39, 0.29) is 10.8 Å². The highest BCUT2D eigenvalue weighted by molar-refractivity contribution is 7.92. The van der Waals surface area contributed by atoms with Crippen molar-refractivity contribution < 1.29 is 13.2 Å². The van der Waals surface area contributed by atoms with E-state index in [1.165, 1.54) is 12.1 Å². The lowest BCUT2D eigenvalue weighted by molar-refractivity contribution is -0.116. The molecule has 0 aromatic heterocycles. The number of hydrogen-bond donors (Lipinski definition) is 2. The number of para-hydroxylation sites is 1. The topological polar surface area (TPSA) is 75.3 Å². The summed E-state index contributed by atoms with van der Waals surface area (Å²) in [7, 11) is -3.70. The average molecular weight is 409 g/mol. The van der Waals surface area contributed by atoms with Gasteiger partial charge in [-0.1, -0.05) is 55.5 Å². The maximum Gasteiger partial charge on any atom is 0.261 e. The van der Waals surface area contributed by atoms with E-state index in [9.17, 15) is 13.2 Å². The van der Waals surface area contributed by atoms with Crippen LogP contribution in [0.5, 0.6) is 0 Å². The first-order valence-electron chi connectivity index (χ1n) is 9.52. The third-order valence-corrected chi connectivity index (χ3v) is 5.96. The summed E-state index contributed by atoms with van der Waals surface area (Å²) >= 11 is 0. The van der Waals surface area contributed by atoms with Gasteiger partial charge in [0, 0.05) is 12.1 Å². The molecule has 0 bridgehead atoms. The number of aryl methyl sites for hydroxylation is 2. The number of anilines is 2. The number of amides is 1. The molecule has 0 aliphatic rings. The highest BCUT2D eigenvalue weighted by Crippen LogP contribution is 2.21. The molecule has 0 unspecified atom stereocenters. The van der Waals surface area contributed by atoms with E-state index in [1.54, 1.807) is 24.3 Å². The van der Waals surface area contributed by atoms with E-state index < -0.39 is 10.0 Å². The lowest BCUT2D eigenvalue weighted by atomic mass is 10.1. The number of sulfonamides is 1. The van der Waals surface area contributed by atoms with Crippen LogP contribution in [0.4, 0.5) is 11.4 Å². The van der Waals surface area contributed by atoms with Gasteiger partial charge in [0.2, 0.25) is 5.91 Å². The molecule has 29 heavy (non-hydrogen) atoms. The number of nitrogens with one attached hydrogen (secondary N) is 2. The molecule has 0 saturated carbocycles. The zero-order valence-corrected chi connectivity index (χ0v) is 17.1. The zero-order chi connectivity index (χ0) is 20.7. The Kier molecular flexibility index (Phi) is 6.67. The van der Waals surface area contributed by atoms with Gasteiger partial charge in [-0.2, -0.15) is 0 Å². The van der Waals surface area contributed by atoms with Crippen LogP contribution in [-0.2, 0) is 27.7 Å². The lowest BCUT2D eigenvalue weighted by Gasteiger charge is -2.12. The molecule has 0 fully saturated rings. The van der Waals surface area contributed by atoms with Crippen molar-refractivity contribution in [2.75, 3.05) is 10.0 Å². The summed E-state index contributed by atoms with van der Waals surface area (Å²) < 4.78 is 28.0. The first-order valence-corrected chi connectivity index (χ1v) is 11.0. The minimum atomic E-state index is -3.70. The van der Waals surface area contributed by atoms with E-state index in [2.05, 4.69) is 10.0 Å². The van der Waals surface area contributed by atoms with Crippen molar-refractivity contribution >= 4 is 27.3 Å². The van der Waals surface area contributed by atoms with Crippen molar-refractivity contribution in [3.8, 4) is 0 Å². The molecule has 0 saturated heterocycles. The van der Waals surface area contributed by atoms with E-state index >= 15 is 0 Å². The van der Waals surface area contributed by atoms with Crippen LogP contribution >= 0.6 is 0 Å². The smallest absolute Gasteiger partial charge is 0.261 e. The highest BCUT2D eigenvalue weighted by atomic mass is 32.2. The third kappa shape index (κ3) is 5.68. The van der Waals surface area contributed by atoms with Crippen LogP contribution in [-0.4, -0.2) is 14.3 Å². The van der Waals surface area contributed by atoms with Crippen LogP contribution in [0.25, 0.3) is 0 Å². The molecule has 3 aromatic carbocycles. The second-order valence-electron chi connectivity index (χ2n) is 6.67. The molecule has 2 N–H and O–H groups in total. The Balaban J connectivity index is 1.62. The van der Waals surface area contributed by atoms with Gasteiger partial charge in [-0.3, -0.25) is 9.52 Å². The van der Waals surface area contributed by atoms with Crippen molar-refractivity contribution in [1.82, 2.24) is 0 Å². The maximum absolute atomic E-state index is 12.7. The number of carbonyl (C=O) groups excluding carboxylic acids is 1. The van der Waals surface area contributed by atoms with Gasteiger partial charge in [0.1, 0.15) is 0 Å². The standard InChI is InChI=1S/C23H24N2O3S/c1-2-19-10-6-7-11-22(19)25-29(27,28)21-15-13-20(14-16-21)24-23(26)17-12-18-8-4-3-5-9-18/h3-11,13-16,25H,2,12,17H2,1H3,(H,24,26). The highest BCUT2D eigenvalue weighted by Gasteiger charge is 2.15. The number of hydrogen-bond acceptors (Lipinski definition) is 3. The summed E-state index contributed by atoms with van der Waals surface area (Å²) in [5.41, 5.74) is 3.17. The lowest BCUT2D eigenvalue weighted by Crippen LogP contribution is -2.15. The van der Waals surface area contributed by atoms with E-state index in [1.807, 2.05) is 49.4 Å². The monoisotopic (exact) mass is 408 g/mol. The van der Waals surface area contributed by atoms with E-state index in [0.29, 0.717) is 24.2 Å². The van der Waals surface area contributed by atoms with Crippen molar-refractivity contribution in [1.29, 1.82) is 0 Å². The molecule has 1 amide bonds. The van der Waals surface area contributed by atoms with Crippen molar-refractivity contribution in [3.05, 3.63) is 90.0 Å². The number of rotatable bonds is 8. The van der Waals surface area contributed by atoms with Gasteiger partial charge in [-0.05, 0) is 54.3 Å². The number of benzene rings is 3. The van der Waals surface area contributed by atoms with Crippen LogP contribution in [0, 0.1) is 0 Å². The Morgan fingerprint density at radius 1 is 0.862 bits per heavy atom. The first-order chi connectivity index (χ1) is 14.0. The fourth-order valence-corrected chi connectivity index (χ4v) is 4.08. The number of carbonyl (C=O) groups is 1. The van der Waals surface area contributed by atoms with Gasteiger partial charge in [0.25, 0.3) is 10.0 Å². The summed E-state index contributed by atoms with van der Waals surface area (Å²) in [5, 5.41) is 2.80. The molecule has 0 atom stereocenters. The second-order valence-corrected chi connectivity index (χ2v) is 8.36. The summed E-state index contributed by atoms with van der Waals surface area (Å²) in [5.74, 6) is -0.112. The SMILES string of the molecule is CCc1ccccc1NS(=O)(=O)c1ccc(NC(=O)CCc2ccccc2)cc1. The summed E-state index contributed by atoms with van der Waals surface area (Å²) in [6.07, 6.45) is 1.74. The molecule has 0 aliphatic carbocycles. The van der Waals surface area contributed by atoms with Gasteiger partial charge in [-0.15, -0.1) is 0 Å². The molecule has 0 aliphatic heterocycles. The average Bonchev–Trinajstić information content (AvgIpc) is 2.73. The fourth-order valence-electron chi connectivity index (χ4n) is 2.98. The summed E-state index contributed by atoms with van der Waals surface area (Å²) in [4.78, 5) is 12.3. The molecule has 0 radical (unpaired) electrons. The summed E-state index contributed by atoms with van der Waals surface area (Å²) in [6.45, 7) is 1.97.